The van der Waals surface area contributed by atoms with Gasteiger partial charge in [0.2, 0.25) is 5.91 Å². The topological polar surface area (TPSA) is 119 Å². The molecule has 0 saturated heterocycles. The van der Waals surface area contributed by atoms with Gasteiger partial charge in [-0.05, 0) is 25.7 Å². The van der Waals surface area contributed by atoms with Gasteiger partial charge in [-0.1, -0.05) is 12.2 Å². The molecule has 1 saturated carbocycles. The smallest absolute Gasteiger partial charge is 0.330 e. The summed E-state index contributed by atoms with van der Waals surface area (Å²) in [5.74, 6) is -2.05. The highest BCUT2D eigenvalue weighted by Gasteiger charge is 2.60. The van der Waals surface area contributed by atoms with Crippen molar-refractivity contribution in [3.8, 4) is 0 Å². The quantitative estimate of drug-likeness (QED) is 0.519. The molecule has 0 aromatic heterocycles. The lowest BCUT2D eigenvalue weighted by Gasteiger charge is -2.24. The third-order valence-corrected chi connectivity index (χ3v) is 4.37. The number of carbonyl (C=O) groups excluding carboxylic acids is 2. The lowest BCUT2D eigenvalue weighted by Crippen LogP contribution is -2.56. The largest absolute Gasteiger partial charge is 0.479 e. The van der Waals surface area contributed by atoms with Crippen LogP contribution in [0.3, 0.4) is 0 Å². The summed E-state index contributed by atoms with van der Waals surface area (Å²) >= 11 is 0. The number of carboxylic acid groups (broad SMARTS) is 1. The highest BCUT2D eigenvalue weighted by atomic mass is 16.4. The number of amides is 3. The van der Waals surface area contributed by atoms with Crippen LogP contribution in [0.1, 0.15) is 25.7 Å². The summed E-state index contributed by atoms with van der Waals surface area (Å²) in [5, 5.41) is 23.6. The number of rotatable bonds is 2. The Balaban J connectivity index is 2.17. The van der Waals surface area contributed by atoms with E-state index in [0.717, 1.165) is 19.3 Å². The number of hydrogen-bond donors (Lipinski definition) is 4. The summed E-state index contributed by atoms with van der Waals surface area (Å²) in [6.45, 7) is -0.0520. The Kier molecular flexibility index (Phi) is 5.25. The van der Waals surface area contributed by atoms with E-state index < -0.39 is 36.1 Å². The van der Waals surface area contributed by atoms with Crippen molar-refractivity contribution in [2.45, 2.75) is 37.3 Å². The molecule has 4 N–H and O–H groups in total. The summed E-state index contributed by atoms with van der Waals surface area (Å²) < 4.78 is 0. The van der Waals surface area contributed by atoms with Gasteiger partial charge in [-0.25, -0.2) is 9.59 Å². The number of urea groups is 1. The minimum absolute atomic E-state index is 0.260. The molecule has 0 bridgehead atoms. The van der Waals surface area contributed by atoms with Crippen LogP contribution < -0.4 is 10.6 Å². The number of aliphatic carboxylic acids is 1. The number of fused-ring (bicyclic) bond motifs is 1. The van der Waals surface area contributed by atoms with Crippen LogP contribution in [0.4, 0.5) is 4.79 Å². The predicted molar refractivity (Wildman–Crippen MR) is 81.6 cm³/mol. The SMILES string of the molecule is CN1CCCC/C=C\[C@@H]2C[C@@]2(C(=O)O)NC(=O)[C@H](CO)NC1=O. The summed E-state index contributed by atoms with van der Waals surface area (Å²) in [5.41, 5.74) is -1.33. The molecule has 23 heavy (non-hydrogen) atoms. The maximum absolute atomic E-state index is 12.2. The number of aliphatic hydroxyl groups excluding tert-OH is 1. The van der Waals surface area contributed by atoms with Crippen LogP contribution in [0.25, 0.3) is 0 Å². The normalized spacial score (nSPS) is 33.7. The van der Waals surface area contributed by atoms with Gasteiger partial charge in [0.15, 0.2) is 0 Å². The number of hydrogen-bond acceptors (Lipinski definition) is 4. The molecule has 2 aliphatic rings. The molecule has 8 nitrogen and oxygen atoms in total. The van der Waals surface area contributed by atoms with Gasteiger partial charge in [0.05, 0.1) is 6.61 Å². The van der Waals surface area contributed by atoms with Crippen LogP contribution in [0.15, 0.2) is 12.2 Å². The average Bonchev–Trinajstić information content (AvgIpc) is 3.21. The maximum Gasteiger partial charge on any atom is 0.330 e. The molecule has 2 rings (SSSR count). The Hall–Kier alpha value is -2.09. The van der Waals surface area contributed by atoms with E-state index in [1.807, 2.05) is 12.2 Å². The van der Waals surface area contributed by atoms with Crippen molar-refractivity contribution >= 4 is 17.9 Å². The van der Waals surface area contributed by atoms with E-state index in [9.17, 15) is 24.6 Å². The molecule has 0 radical (unpaired) electrons. The molecule has 1 fully saturated rings. The van der Waals surface area contributed by atoms with E-state index >= 15 is 0 Å². The first kappa shape index (κ1) is 17.3. The molecule has 8 heteroatoms. The molecular weight excluding hydrogens is 302 g/mol. The standard InChI is InChI=1S/C15H23N3O5/c1-18-7-5-3-2-4-6-10-8-15(10,13(21)22)17-12(20)11(9-19)16-14(18)23/h4,6,10-11,19H,2-3,5,7-9H2,1H3,(H,16,23)(H,17,20)(H,21,22)/b6-4-/t10-,11+,15-/m1/s1. The first-order valence-electron chi connectivity index (χ1n) is 7.75. The van der Waals surface area contributed by atoms with Crippen molar-refractivity contribution in [1.29, 1.82) is 0 Å². The van der Waals surface area contributed by atoms with Gasteiger partial charge < -0.3 is 25.7 Å². The van der Waals surface area contributed by atoms with E-state index in [2.05, 4.69) is 10.6 Å². The highest BCUT2D eigenvalue weighted by molar-refractivity contribution is 5.94. The zero-order chi connectivity index (χ0) is 17.0. The molecule has 0 unspecified atom stereocenters. The van der Waals surface area contributed by atoms with Gasteiger partial charge >= 0.3 is 12.0 Å². The lowest BCUT2D eigenvalue weighted by molar-refractivity contribution is -0.144. The van der Waals surface area contributed by atoms with Gasteiger partial charge in [-0.2, -0.15) is 0 Å². The molecule has 0 aromatic rings. The van der Waals surface area contributed by atoms with Crippen molar-refractivity contribution in [1.82, 2.24) is 15.5 Å². The first-order chi connectivity index (χ1) is 10.9. The molecule has 1 heterocycles. The number of allylic oxidation sites excluding steroid dienone is 1. The number of nitrogens with one attached hydrogen (secondary N) is 2. The second-order valence-corrected chi connectivity index (χ2v) is 6.11. The van der Waals surface area contributed by atoms with Crippen molar-refractivity contribution in [2.24, 2.45) is 5.92 Å². The Morgan fingerprint density at radius 3 is 2.83 bits per heavy atom. The summed E-state index contributed by atoms with van der Waals surface area (Å²) in [6.07, 6.45) is 6.56. The number of carboxylic acids is 1. The van der Waals surface area contributed by atoms with E-state index in [0.29, 0.717) is 13.0 Å². The molecule has 0 spiro atoms. The van der Waals surface area contributed by atoms with Crippen LogP contribution in [-0.4, -0.2) is 64.8 Å². The van der Waals surface area contributed by atoms with Crippen molar-refractivity contribution in [3.63, 3.8) is 0 Å². The highest BCUT2D eigenvalue weighted by Crippen LogP contribution is 2.45. The van der Waals surface area contributed by atoms with Crippen LogP contribution in [-0.2, 0) is 9.59 Å². The van der Waals surface area contributed by atoms with Gasteiger partial charge in [0.1, 0.15) is 11.6 Å². The Bertz CT molecular complexity index is 521. The number of aliphatic hydroxyl groups is 1. The lowest BCUT2D eigenvalue weighted by atomic mass is 10.1. The second-order valence-electron chi connectivity index (χ2n) is 6.11. The monoisotopic (exact) mass is 325 g/mol. The zero-order valence-corrected chi connectivity index (χ0v) is 13.1. The summed E-state index contributed by atoms with van der Waals surface area (Å²) in [6, 6.07) is -1.64. The van der Waals surface area contributed by atoms with Crippen LogP contribution >= 0.6 is 0 Å². The Morgan fingerprint density at radius 2 is 2.17 bits per heavy atom. The minimum Gasteiger partial charge on any atom is -0.479 e. The molecule has 0 aromatic carbocycles. The fourth-order valence-corrected chi connectivity index (χ4v) is 2.70. The van der Waals surface area contributed by atoms with Crippen molar-refractivity contribution in [2.75, 3.05) is 20.2 Å². The van der Waals surface area contributed by atoms with Crippen LogP contribution in [0.5, 0.6) is 0 Å². The van der Waals surface area contributed by atoms with Gasteiger partial charge in [0.25, 0.3) is 0 Å². The molecule has 1 aliphatic carbocycles. The Labute approximate surface area is 134 Å². The maximum atomic E-state index is 12.2. The zero-order valence-electron chi connectivity index (χ0n) is 13.1. The van der Waals surface area contributed by atoms with Gasteiger partial charge in [0, 0.05) is 19.5 Å². The summed E-state index contributed by atoms with van der Waals surface area (Å²) in [4.78, 5) is 37.2. The molecule has 1 aliphatic heterocycles. The molecular formula is C15H23N3O5. The predicted octanol–water partition coefficient (Wildman–Crippen LogP) is -0.312. The van der Waals surface area contributed by atoms with E-state index in [1.54, 1.807) is 7.05 Å². The molecule has 3 atom stereocenters. The average molecular weight is 325 g/mol. The Morgan fingerprint density at radius 1 is 1.43 bits per heavy atom. The van der Waals surface area contributed by atoms with Crippen LogP contribution in [0.2, 0.25) is 0 Å². The van der Waals surface area contributed by atoms with Crippen molar-refractivity contribution in [3.05, 3.63) is 12.2 Å². The first-order valence-corrected chi connectivity index (χ1v) is 7.75. The van der Waals surface area contributed by atoms with Crippen molar-refractivity contribution < 1.29 is 24.6 Å². The van der Waals surface area contributed by atoms with Gasteiger partial charge in [-0.3, -0.25) is 4.79 Å². The minimum atomic E-state index is -1.33. The molecule has 128 valence electrons. The van der Waals surface area contributed by atoms with Gasteiger partial charge in [-0.15, -0.1) is 0 Å². The fourth-order valence-electron chi connectivity index (χ4n) is 2.70. The molecule has 3 amide bonds. The van der Waals surface area contributed by atoms with Crippen LogP contribution in [0, 0.1) is 5.92 Å². The van der Waals surface area contributed by atoms with E-state index in [1.165, 1.54) is 4.90 Å². The third kappa shape index (κ3) is 3.82. The fraction of sp³-hybridized carbons (Fsp3) is 0.667. The second kappa shape index (κ2) is 6.99. The van der Waals surface area contributed by atoms with E-state index in [-0.39, 0.29) is 5.92 Å². The summed E-state index contributed by atoms with van der Waals surface area (Å²) in [7, 11) is 1.61. The third-order valence-electron chi connectivity index (χ3n) is 4.37. The number of carbonyl (C=O) groups is 3. The van der Waals surface area contributed by atoms with E-state index in [4.69, 9.17) is 0 Å². The number of nitrogens with zero attached hydrogens (tertiary/aromatic N) is 1.